The summed E-state index contributed by atoms with van der Waals surface area (Å²) in [5.41, 5.74) is 3.25. The number of nitrogens with zero attached hydrogens (tertiary/aromatic N) is 4. The Kier molecular flexibility index (Phi) is 11.8. The van der Waals surface area contributed by atoms with Crippen LogP contribution in [0.5, 0.6) is 5.75 Å². The SMILES string of the molecule is Cc1ccccc1CCN(C=O)C1CCN(C(=O)O[C@H](Cc2ccc(O)c(Br)c2)C(=O)N2CCC(N3CCCCC3)CC2)CC1. The van der Waals surface area contributed by atoms with Crippen molar-refractivity contribution >= 4 is 34.3 Å². The Morgan fingerprint density at radius 2 is 1.67 bits per heavy atom. The lowest BCUT2D eigenvalue weighted by molar-refractivity contribution is -0.142. The van der Waals surface area contributed by atoms with Crippen LogP contribution in [0, 0.1) is 6.92 Å². The van der Waals surface area contributed by atoms with Crippen LogP contribution in [0.2, 0.25) is 0 Å². The molecule has 0 radical (unpaired) electrons. The molecule has 0 bridgehead atoms. The van der Waals surface area contributed by atoms with E-state index in [1.807, 2.05) is 21.9 Å². The van der Waals surface area contributed by atoms with Crippen molar-refractivity contribution in [2.75, 3.05) is 45.8 Å². The van der Waals surface area contributed by atoms with E-state index in [4.69, 9.17) is 4.74 Å². The quantitative estimate of drug-likeness (QED) is 0.349. The van der Waals surface area contributed by atoms with Crippen LogP contribution in [0.3, 0.4) is 0 Å². The van der Waals surface area contributed by atoms with Crippen molar-refractivity contribution in [3.8, 4) is 5.75 Å². The van der Waals surface area contributed by atoms with E-state index < -0.39 is 12.2 Å². The third-order valence-electron chi connectivity index (χ3n) is 9.86. The average molecular weight is 684 g/mol. The molecule has 1 N–H and O–H groups in total. The summed E-state index contributed by atoms with van der Waals surface area (Å²) < 4.78 is 6.52. The summed E-state index contributed by atoms with van der Waals surface area (Å²) in [7, 11) is 0. The van der Waals surface area contributed by atoms with Crippen molar-refractivity contribution in [2.24, 2.45) is 0 Å². The maximum Gasteiger partial charge on any atom is 0.410 e. The fourth-order valence-corrected chi connectivity index (χ4v) is 7.47. The van der Waals surface area contributed by atoms with Gasteiger partial charge in [0.15, 0.2) is 6.10 Å². The van der Waals surface area contributed by atoms with Gasteiger partial charge in [0.25, 0.3) is 5.91 Å². The summed E-state index contributed by atoms with van der Waals surface area (Å²) in [6.45, 7) is 7.24. The Balaban J connectivity index is 1.18. The number of aryl methyl sites for hydroxylation is 1. The predicted octanol–water partition coefficient (Wildman–Crippen LogP) is 5.15. The van der Waals surface area contributed by atoms with E-state index in [1.54, 1.807) is 23.1 Å². The number of benzene rings is 2. The molecule has 244 valence electrons. The summed E-state index contributed by atoms with van der Waals surface area (Å²) in [6, 6.07) is 13.9. The van der Waals surface area contributed by atoms with Crippen LogP contribution >= 0.6 is 15.9 Å². The normalized spacial score (nSPS) is 19.2. The highest BCUT2D eigenvalue weighted by Gasteiger charge is 2.35. The minimum Gasteiger partial charge on any atom is -0.507 e. The molecule has 10 heteroatoms. The van der Waals surface area contributed by atoms with Gasteiger partial charge in [0.2, 0.25) is 6.41 Å². The second kappa shape index (κ2) is 15.9. The number of halogens is 1. The number of carbonyl (C=O) groups is 3. The average Bonchev–Trinajstić information content (AvgIpc) is 3.07. The molecule has 3 fully saturated rings. The molecule has 45 heavy (non-hydrogen) atoms. The lowest BCUT2D eigenvalue weighted by atomic mass is 9.99. The third-order valence-corrected chi connectivity index (χ3v) is 10.5. The Hall–Kier alpha value is -3.11. The molecule has 1 atom stereocenters. The van der Waals surface area contributed by atoms with Crippen molar-refractivity contribution < 1.29 is 24.2 Å². The number of hydrogen-bond donors (Lipinski definition) is 1. The second-order valence-corrected chi connectivity index (χ2v) is 13.6. The van der Waals surface area contributed by atoms with Crippen LogP contribution in [0.4, 0.5) is 4.79 Å². The van der Waals surface area contributed by atoms with Gasteiger partial charge in [-0.1, -0.05) is 36.8 Å². The molecule has 2 aromatic carbocycles. The van der Waals surface area contributed by atoms with Crippen LogP contribution < -0.4 is 0 Å². The predicted molar refractivity (Wildman–Crippen MR) is 177 cm³/mol. The first-order chi connectivity index (χ1) is 21.8. The Labute approximate surface area is 275 Å². The van der Waals surface area contributed by atoms with E-state index >= 15 is 0 Å². The van der Waals surface area contributed by atoms with Gasteiger partial charge in [0.05, 0.1) is 4.47 Å². The van der Waals surface area contributed by atoms with Gasteiger partial charge in [-0.2, -0.15) is 0 Å². The van der Waals surface area contributed by atoms with Crippen LogP contribution in [0.1, 0.15) is 61.6 Å². The monoisotopic (exact) mass is 682 g/mol. The molecule has 0 aliphatic carbocycles. The van der Waals surface area contributed by atoms with Crippen molar-refractivity contribution in [1.29, 1.82) is 0 Å². The number of likely N-dealkylation sites (tertiary alicyclic amines) is 3. The zero-order valence-electron chi connectivity index (χ0n) is 26.4. The van der Waals surface area contributed by atoms with Crippen molar-refractivity contribution in [3.05, 3.63) is 63.6 Å². The van der Waals surface area contributed by atoms with Gasteiger partial charge in [0, 0.05) is 51.2 Å². The largest absolute Gasteiger partial charge is 0.507 e. The fraction of sp³-hybridized carbons (Fsp3) is 0.571. The van der Waals surface area contributed by atoms with E-state index in [0.717, 1.165) is 44.3 Å². The van der Waals surface area contributed by atoms with Gasteiger partial charge in [-0.3, -0.25) is 9.59 Å². The molecule has 0 saturated carbocycles. The molecule has 3 saturated heterocycles. The van der Waals surface area contributed by atoms with Gasteiger partial charge in [-0.25, -0.2) is 4.79 Å². The van der Waals surface area contributed by atoms with Crippen LogP contribution in [0.15, 0.2) is 46.9 Å². The Bertz CT molecular complexity index is 1300. The molecule has 9 nitrogen and oxygen atoms in total. The van der Waals surface area contributed by atoms with E-state index in [2.05, 4.69) is 39.9 Å². The number of phenolic OH excluding ortho intramolecular Hbond substituents is 1. The van der Waals surface area contributed by atoms with Crippen LogP contribution in [0.25, 0.3) is 0 Å². The molecule has 0 aromatic heterocycles. The van der Waals surface area contributed by atoms with Crippen LogP contribution in [-0.4, -0.2) is 107 Å². The first-order valence-corrected chi connectivity index (χ1v) is 17.3. The molecule has 3 aliphatic rings. The Morgan fingerprint density at radius 1 is 0.978 bits per heavy atom. The number of rotatable bonds is 10. The van der Waals surface area contributed by atoms with Crippen molar-refractivity contribution in [3.63, 3.8) is 0 Å². The van der Waals surface area contributed by atoms with E-state index in [-0.39, 0.29) is 24.1 Å². The fourth-order valence-electron chi connectivity index (χ4n) is 7.05. The summed E-state index contributed by atoms with van der Waals surface area (Å²) in [5.74, 6) is -0.0487. The molecule has 0 unspecified atom stereocenters. The highest BCUT2D eigenvalue weighted by atomic mass is 79.9. The topological polar surface area (TPSA) is 93.6 Å². The van der Waals surface area contributed by atoms with Crippen molar-refractivity contribution in [2.45, 2.75) is 82.9 Å². The molecule has 5 rings (SSSR count). The number of aromatic hydroxyl groups is 1. The van der Waals surface area contributed by atoms with Gasteiger partial charge < -0.3 is 29.4 Å². The molecule has 2 aromatic rings. The smallest absolute Gasteiger partial charge is 0.410 e. The minimum absolute atomic E-state index is 0.0588. The first kappa shape index (κ1) is 33.3. The standard InChI is InChI=1S/C35H47BrN4O5/c1-26-7-3-4-8-28(26)11-18-40(25-41)30-14-21-39(22-15-30)35(44)45-33(24-27-9-10-32(42)31(36)23-27)34(43)38-19-12-29(13-20-38)37-16-5-2-6-17-37/h3-4,7-10,23,25,29-30,33,42H,2,5-6,11-22,24H2,1H3/t33-/m1/s1. The highest BCUT2D eigenvalue weighted by molar-refractivity contribution is 9.10. The van der Waals surface area contributed by atoms with Crippen LogP contribution in [-0.2, 0) is 27.2 Å². The number of carbonyl (C=O) groups excluding carboxylic acids is 3. The summed E-state index contributed by atoms with van der Waals surface area (Å²) in [6.07, 6.45) is 7.47. The van der Waals surface area contributed by atoms with E-state index in [1.165, 1.54) is 30.4 Å². The van der Waals surface area contributed by atoms with E-state index in [0.29, 0.717) is 56.1 Å². The number of amides is 3. The van der Waals surface area contributed by atoms with Gasteiger partial charge in [-0.15, -0.1) is 0 Å². The highest BCUT2D eigenvalue weighted by Crippen LogP contribution is 2.27. The molecule has 0 spiro atoms. The zero-order chi connectivity index (χ0) is 31.8. The lowest BCUT2D eigenvalue weighted by Crippen LogP contribution is -2.52. The molecular formula is C35H47BrN4O5. The third kappa shape index (κ3) is 8.79. The Morgan fingerprint density at radius 3 is 2.33 bits per heavy atom. The van der Waals surface area contributed by atoms with Gasteiger partial charge >= 0.3 is 6.09 Å². The summed E-state index contributed by atoms with van der Waals surface area (Å²) in [5, 5.41) is 9.98. The molecular weight excluding hydrogens is 636 g/mol. The number of phenols is 1. The van der Waals surface area contributed by atoms with Gasteiger partial charge in [-0.05, 0) is 110 Å². The first-order valence-electron chi connectivity index (χ1n) is 16.5. The maximum atomic E-state index is 13.9. The lowest BCUT2D eigenvalue weighted by Gasteiger charge is -2.41. The second-order valence-electron chi connectivity index (χ2n) is 12.8. The number of hydrogen-bond acceptors (Lipinski definition) is 6. The maximum absolute atomic E-state index is 13.9. The summed E-state index contributed by atoms with van der Waals surface area (Å²) >= 11 is 3.36. The minimum atomic E-state index is -0.959. The number of piperidine rings is 3. The molecule has 3 heterocycles. The van der Waals surface area contributed by atoms with Crippen molar-refractivity contribution in [1.82, 2.24) is 19.6 Å². The van der Waals surface area contributed by atoms with Gasteiger partial charge in [0.1, 0.15) is 5.75 Å². The zero-order valence-corrected chi connectivity index (χ0v) is 28.0. The molecule has 3 aliphatic heterocycles. The number of ether oxygens (including phenoxy) is 1. The summed E-state index contributed by atoms with van der Waals surface area (Å²) in [4.78, 5) is 47.3. The molecule has 3 amide bonds. The van der Waals surface area contributed by atoms with E-state index in [9.17, 15) is 19.5 Å².